The Bertz CT molecular complexity index is 742. The largest absolute Gasteiger partial charge is 0.294 e. The average molecular weight is 377 g/mol. The number of carbonyl (C=O) groups is 1. The number of hydrogen-bond acceptors (Lipinski definition) is 1. The summed E-state index contributed by atoms with van der Waals surface area (Å²) in [5.74, 6) is 0.971. The molecular weight excluding hydrogens is 344 g/mol. The van der Waals surface area contributed by atoms with Crippen LogP contribution in [0.5, 0.6) is 0 Å². The lowest BCUT2D eigenvalue weighted by Gasteiger charge is -2.31. The minimum Gasteiger partial charge on any atom is -0.294 e. The molecular formula is C25H32OSi. The Kier molecular flexibility index (Phi) is 6.84. The average Bonchev–Trinajstić information content (AvgIpc) is 2.73. The van der Waals surface area contributed by atoms with Crippen molar-refractivity contribution in [3.63, 3.8) is 0 Å². The number of benzene rings is 2. The standard InChI is InChI=1S/C25H32OSi/c1-27(2,23-16-10-5-11-17-23)24(19-18-21-12-6-3-7-13-21)20-25(26)22-14-8-4-9-15-22/h4-5,8-11,14-19,21,24H,3,6-7,12-13,20H2,1-2H3/b19-18+/t24-/m1/s1. The van der Waals surface area contributed by atoms with Gasteiger partial charge in [-0.25, -0.2) is 0 Å². The van der Waals surface area contributed by atoms with Crippen molar-refractivity contribution in [3.05, 3.63) is 78.4 Å². The van der Waals surface area contributed by atoms with Gasteiger partial charge >= 0.3 is 0 Å². The van der Waals surface area contributed by atoms with E-state index in [1.807, 2.05) is 30.3 Å². The molecule has 0 amide bonds. The molecule has 0 bridgehead atoms. The smallest absolute Gasteiger partial charge is 0.163 e. The van der Waals surface area contributed by atoms with Crippen LogP contribution >= 0.6 is 0 Å². The molecule has 0 aliphatic heterocycles. The van der Waals surface area contributed by atoms with E-state index in [0.717, 1.165) is 5.56 Å². The second-order valence-electron chi connectivity index (χ2n) is 8.47. The summed E-state index contributed by atoms with van der Waals surface area (Å²) < 4.78 is 0. The molecule has 0 heterocycles. The van der Waals surface area contributed by atoms with Crippen LogP contribution < -0.4 is 5.19 Å². The number of Topliss-reactive ketones (excluding diaryl/α,β-unsaturated/α-hetero) is 1. The molecule has 3 rings (SSSR count). The van der Waals surface area contributed by atoms with Crippen molar-refractivity contribution in [1.29, 1.82) is 0 Å². The van der Waals surface area contributed by atoms with E-state index in [0.29, 0.717) is 17.9 Å². The number of allylic oxidation sites excluding steroid dienone is 2. The van der Waals surface area contributed by atoms with Gasteiger partial charge in [-0.3, -0.25) is 4.79 Å². The van der Waals surface area contributed by atoms with Gasteiger partial charge in [-0.15, -0.1) is 0 Å². The Morgan fingerprint density at radius 2 is 1.56 bits per heavy atom. The molecule has 1 nitrogen and oxygen atoms in total. The van der Waals surface area contributed by atoms with Crippen molar-refractivity contribution < 1.29 is 4.79 Å². The highest BCUT2D eigenvalue weighted by atomic mass is 28.3. The van der Waals surface area contributed by atoms with Crippen molar-refractivity contribution in [1.82, 2.24) is 0 Å². The van der Waals surface area contributed by atoms with Gasteiger partial charge in [-0.05, 0) is 24.3 Å². The highest BCUT2D eigenvalue weighted by Crippen LogP contribution is 2.32. The van der Waals surface area contributed by atoms with Crippen LogP contribution in [-0.2, 0) is 0 Å². The monoisotopic (exact) mass is 376 g/mol. The van der Waals surface area contributed by atoms with Crippen LogP contribution in [0.1, 0.15) is 48.9 Å². The summed E-state index contributed by atoms with van der Waals surface area (Å²) in [5, 5.41) is 1.43. The molecule has 142 valence electrons. The van der Waals surface area contributed by atoms with Gasteiger partial charge in [0.1, 0.15) is 0 Å². The second kappa shape index (κ2) is 9.32. The molecule has 0 unspecified atom stereocenters. The summed E-state index contributed by atoms with van der Waals surface area (Å²) >= 11 is 0. The molecule has 27 heavy (non-hydrogen) atoms. The first-order valence-corrected chi connectivity index (χ1v) is 13.5. The van der Waals surface area contributed by atoms with Crippen molar-refractivity contribution >= 4 is 19.0 Å². The molecule has 1 aliphatic carbocycles. The molecule has 0 radical (unpaired) electrons. The van der Waals surface area contributed by atoms with Crippen molar-refractivity contribution in [2.24, 2.45) is 5.92 Å². The molecule has 0 aromatic heterocycles. The fourth-order valence-electron chi connectivity index (χ4n) is 4.21. The Balaban J connectivity index is 1.83. The summed E-state index contributed by atoms with van der Waals surface area (Å²) in [6.07, 6.45) is 12.2. The number of hydrogen-bond donors (Lipinski definition) is 0. The first-order valence-electron chi connectivity index (χ1n) is 10.4. The van der Waals surface area contributed by atoms with Crippen LogP contribution in [0.4, 0.5) is 0 Å². The third kappa shape index (κ3) is 5.29. The quantitative estimate of drug-likeness (QED) is 0.311. The van der Waals surface area contributed by atoms with Crippen molar-refractivity contribution in [2.75, 3.05) is 0 Å². The first-order chi connectivity index (χ1) is 13.1. The van der Waals surface area contributed by atoms with E-state index >= 15 is 0 Å². The lowest BCUT2D eigenvalue weighted by molar-refractivity contribution is 0.0983. The molecule has 0 N–H and O–H groups in total. The Morgan fingerprint density at radius 1 is 0.963 bits per heavy atom. The SMILES string of the molecule is C[Si](C)(c1ccccc1)[C@H](/C=C/C1CCCCC1)CC(=O)c1ccccc1. The van der Waals surface area contributed by atoms with Crippen molar-refractivity contribution in [3.8, 4) is 0 Å². The fourth-order valence-corrected chi connectivity index (χ4v) is 6.97. The molecule has 1 fully saturated rings. The van der Waals surface area contributed by atoms with E-state index in [1.54, 1.807) is 0 Å². The molecule has 1 atom stereocenters. The Hall–Kier alpha value is -1.93. The lowest BCUT2D eigenvalue weighted by Crippen LogP contribution is -2.46. The predicted molar refractivity (Wildman–Crippen MR) is 118 cm³/mol. The van der Waals surface area contributed by atoms with E-state index in [9.17, 15) is 4.79 Å². The number of rotatable bonds is 7. The normalized spacial score (nSPS) is 17.1. The van der Waals surface area contributed by atoms with E-state index in [1.165, 1.54) is 37.3 Å². The maximum Gasteiger partial charge on any atom is 0.163 e. The minimum absolute atomic E-state index is 0.269. The molecule has 2 heteroatoms. The van der Waals surface area contributed by atoms with Crippen LogP contribution in [-0.4, -0.2) is 13.9 Å². The molecule has 1 aliphatic rings. The Labute approximate surface area is 165 Å². The summed E-state index contributed by atoms with van der Waals surface area (Å²) in [6, 6.07) is 20.6. The number of carbonyl (C=O) groups excluding carboxylic acids is 1. The maximum absolute atomic E-state index is 13.0. The minimum atomic E-state index is -1.80. The zero-order valence-corrected chi connectivity index (χ0v) is 17.7. The van der Waals surface area contributed by atoms with E-state index in [-0.39, 0.29) is 5.78 Å². The highest BCUT2D eigenvalue weighted by Gasteiger charge is 2.33. The summed E-state index contributed by atoms with van der Waals surface area (Å²) in [7, 11) is -1.80. The molecule has 2 aromatic rings. The summed E-state index contributed by atoms with van der Waals surface area (Å²) in [5.41, 5.74) is 1.17. The third-order valence-electron chi connectivity index (χ3n) is 6.21. The van der Waals surface area contributed by atoms with Gasteiger partial charge in [0, 0.05) is 12.0 Å². The van der Waals surface area contributed by atoms with Crippen LogP contribution in [0.2, 0.25) is 18.6 Å². The van der Waals surface area contributed by atoms with Gasteiger partial charge in [0.25, 0.3) is 0 Å². The van der Waals surface area contributed by atoms with Gasteiger partial charge in [0.05, 0.1) is 8.07 Å². The number of ketones is 1. The van der Waals surface area contributed by atoms with Gasteiger partial charge in [0.15, 0.2) is 5.78 Å². The zero-order valence-electron chi connectivity index (χ0n) is 16.7. The molecule has 2 aromatic carbocycles. The van der Waals surface area contributed by atoms with E-state index in [2.05, 4.69) is 55.6 Å². The Morgan fingerprint density at radius 3 is 2.19 bits per heavy atom. The van der Waals surface area contributed by atoms with E-state index in [4.69, 9.17) is 0 Å². The second-order valence-corrected chi connectivity index (χ2v) is 13.2. The van der Waals surface area contributed by atoms with Crippen LogP contribution in [0, 0.1) is 5.92 Å². The van der Waals surface area contributed by atoms with Gasteiger partial charge in [-0.1, -0.05) is 110 Å². The third-order valence-corrected chi connectivity index (χ3v) is 10.3. The molecule has 0 saturated heterocycles. The molecule has 1 saturated carbocycles. The van der Waals surface area contributed by atoms with Gasteiger partial charge in [-0.2, -0.15) is 0 Å². The molecule has 0 spiro atoms. The van der Waals surface area contributed by atoms with Gasteiger partial charge < -0.3 is 0 Å². The highest BCUT2D eigenvalue weighted by molar-refractivity contribution is 6.91. The fraction of sp³-hybridized carbons (Fsp3) is 0.400. The predicted octanol–water partition coefficient (Wildman–Crippen LogP) is 6.38. The van der Waals surface area contributed by atoms with Gasteiger partial charge in [0.2, 0.25) is 0 Å². The van der Waals surface area contributed by atoms with Crippen LogP contribution in [0.15, 0.2) is 72.8 Å². The van der Waals surface area contributed by atoms with Crippen LogP contribution in [0.3, 0.4) is 0 Å². The summed E-state index contributed by atoms with van der Waals surface area (Å²) in [6.45, 7) is 4.83. The van der Waals surface area contributed by atoms with Crippen molar-refractivity contribution in [2.45, 2.75) is 57.2 Å². The zero-order chi connectivity index (χ0) is 19.1. The lowest BCUT2D eigenvalue weighted by atomic mass is 9.89. The summed E-state index contributed by atoms with van der Waals surface area (Å²) in [4.78, 5) is 13.0. The van der Waals surface area contributed by atoms with Crippen LogP contribution in [0.25, 0.3) is 0 Å². The van der Waals surface area contributed by atoms with E-state index < -0.39 is 8.07 Å². The topological polar surface area (TPSA) is 17.1 Å². The maximum atomic E-state index is 13.0. The first kappa shape index (κ1) is 19.8.